The van der Waals surface area contributed by atoms with Crippen LogP contribution in [0.5, 0.6) is 0 Å². The monoisotopic (exact) mass is 151 g/mol. The van der Waals surface area contributed by atoms with Crippen molar-refractivity contribution in [2.24, 2.45) is 0 Å². The van der Waals surface area contributed by atoms with E-state index in [1.54, 1.807) is 12.4 Å². The first-order valence-electron chi connectivity index (χ1n) is 3.95. The highest BCUT2D eigenvalue weighted by molar-refractivity contribution is 4.85. The zero-order valence-corrected chi connectivity index (χ0v) is 6.53. The number of allylic oxidation sites excluding steroid dienone is 2. The van der Waals surface area contributed by atoms with Crippen molar-refractivity contribution in [3.8, 4) is 0 Å². The fourth-order valence-electron chi connectivity index (χ4n) is 0.927. The maximum Gasteiger partial charge on any atom is 0.0690 e. The Kier molecular flexibility index (Phi) is 4.10. The van der Waals surface area contributed by atoms with Crippen molar-refractivity contribution >= 4 is 0 Å². The van der Waals surface area contributed by atoms with Gasteiger partial charge in [-0.1, -0.05) is 17.4 Å². The Hall–Kier alpha value is -1.12. The molecule has 1 aromatic rings. The van der Waals surface area contributed by atoms with Gasteiger partial charge in [0.1, 0.15) is 0 Å². The van der Waals surface area contributed by atoms with Gasteiger partial charge in [0.2, 0.25) is 0 Å². The lowest BCUT2D eigenvalue weighted by Crippen LogP contribution is -1.77. The molecule has 1 aliphatic rings. The highest BCUT2D eigenvalue weighted by Gasteiger charge is 1.87. The van der Waals surface area contributed by atoms with Crippen LogP contribution in [0.25, 0.3) is 0 Å². The molecule has 2 rings (SSSR count). The van der Waals surface area contributed by atoms with E-state index in [1.807, 2.05) is 0 Å². The SMILES string of the molecule is C1=CCCCC1.c1c[nH]nn1. The summed E-state index contributed by atoms with van der Waals surface area (Å²) < 4.78 is 0. The summed E-state index contributed by atoms with van der Waals surface area (Å²) in [6.07, 6.45) is 13.2. The topological polar surface area (TPSA) is 41.6 Å². The van der Waals surface area contributed by atoms with Crippen molar-refractivity contribution in [3.05, 3.63) is 24.5 Å². The minimum atomic E-state index is 1.32. The largest absolute Gasteiger partial charge is 0.266 e. The standard InChI is InChI=1S/C6H10.C2H3N3/c1-2-4-6-5-3-1;1-2-4-5-3-1/h1-2H,3-6H2;1-2H,(H,3,4,5). The van der Waals surface area contributed by atoms with E-state index < -0.39 is 0 Å². The minimum absolute atomic E-state index is 1.32. The Bertz CT molecular complexity index is 154. The molecule has 0 aliphatic heterocycles. The van der Waals surface area contributed by atoms with Gasteiger partial charge in [-0.05, 0) is 25.7 Å². The third kappa shape index (κ3) is 4.31. The number of rotatable bonds is 0. The third-order valence-electron chi connectivity index (χ3n) is 1.49. The Morgan fingerprint density at radius 2 is 1.82 bits per heavy atom. The lowest BCUT2D eigenvalue weighted by Gasteiger charge is -1.97. The van der Waals surface area contributed by atoms with E-state index in [-0.39, 0.29) is 0 Å². The second-order valence-electron chi connectivity index (χ2n) is 2.42. The van der Waals surface area contributed by atoms with Gasteiger partial charge < -0.3 is 0 Å². The van der Waals surface area contributed by atoms with Gasteiger partial charge in [0.15, 0.2) is 0 Å². The van der Waals surface area contributed by atoms with E-state index in [2.05, 4.69) is 27.6 Å². The van der Waals surface area contributed by atoms with Crippen molar-refractivity contribution in [2.75, 3.05) is 0 Å². The molecule has 0 aromatic carbocycles. The van der Waals surface area contributed by atoms with Crippen molar-refractivity contribution in [1.82, 2.24) is 15.4 Å². The van der Waals surface area contributed by atoms with Crippen molar-refractivity contribution < 1.29 is 0 Å². The van der Waals surface area contributed by atoms with Crippen LogP contribution < -0.4 is 0 Å². The van der Waals surface area contributed by atoms with E-state index in [9.17, 15) is 0 Å². The summed E-state index contributed by atoms with van der Waals surface area (Å²) >= 11 is 0. The predicted octanol–water partition coefficient (Wildman–Crippen LogP) is 1.92. The number of hydrogen-bond acceptors (Lipinski definition) is 2. The first kappa shape index (κ1) is 7.98. The van der Waals surface area contributed by atoms with E-state index in [0.717, 1.165) is 0 Å². The van der Waals surface area contributed by atoms with Crippen LogP contribution in [0.1, 0.15) is 25.7 Å². The molecule has 0 bridgehead atoms. The van der Waals surface area contributed by atoms with Crippen LogP contribution in [-0.2, 0) is 0 Å². The van der Waals surface area contributed by atoms with Gasteiger partial charge in [-0.2, -0.15) is 0 Å². The zero-order valence-electron chi connectivity index (χ0n) is 6.53. The summed E-state index contributed by atoms with van der Waals surface area (Å²) in [5.41, 5.74) is 0. The molecule has 0 atom stereocenters. The van der Waals surface area contributed by atoms with Crippen LogP contribution in [0, 0.1) is 0 Å². The zero-order chi connectivity index (χ0) is 7.78. The molecule has 0 fully saturated rings. The van der Waals surface area contributed by atoms with E-state index >= 15 is 0 Å². The summed E-state index contributed by atoms with van der Waals surface area (Å²) in [6.45, 7) is 0. The normalized spacial score (nSPS) is 15.3. The molecule has 0 unspecified atom stereocenters. The highest BCUT2D eigenvalue weighted by Crippen LogP contribution is 2.07. The van der Waals surface area contributed by atoms with Crippen LogP contribution in [0.3, 0.4) is 0 Å². The molecule has 1 N–H and O–H groups in total. The predicted molar refractivity (Wildman–Crippen MR) is 44.0 cm³/mol. The lowest BCUT2D eigenvalue weighted by molar-refractivity contribution is 0.730. The second kappa shape index (κ2) is 5.65. The minimum Gasteiger partial charge on any atom is -0.266 e. The van der Waals surface area contributed by atoms with Crippen LogP contribution in [0.4, 0.5) is 0 Å². The van der Waals surface area contributed by atoms with Crippen LogP contribution in [0.15, 0.2) is 24.5 Å². The Balaban J connectivity index is 0.000000112. The average molecular weight is 151 g/mol. The quantitative estimate of drug-likeness (QED) is 0.575. The Labute approximate surface area is 66.5 Å². The van der Waals surface area contributed by atoms with Gasteiger partial charge in [-0.3, -0.25) is 5.10 Å². The van der Waals surface area contributed by atoms with Crippen LogP contribution in [0.2, 0.25) is 0 Å². The highest BCUT2D eigenvalue weighted by atomic mass is 15.3. The molecule has 0 amide bonds. The molecular formula is C8H13N3. The number of nitrogens with one attached hydrogen (secondary N) is 1. The summed E-state index contributed by atoms with van der Waals surface area (Å²) in [4.78, 5) is 0. The fraction of sp³-hybridized carbons (Fsp3) is 0.500. The van der Waals surface area contributed by atoms with Gasteiger partial charge in [-0.25, -0.2) is 0 Å². The molecule has 3 nitrogen and oxygen atoms in total. The summed E-state index contributed by atoms with van der Waals surface area (Å²) in [6, 6.07) is 0. The molecule has 1 aliphatic carbocycles. The molecule has 0 radical (unpaired) electrons. The lowest BCUT2D eigenvalue weighted by atomic mass is 10.1. The molecule has 0 saturated heterocycles. The summed E-state index contributed by atoms with van der Waals surface area (Å²) in [7, 11) is 0. The van der Waals surface area contributed by atoms with Gasteiger partial charge in [0, 0.05) is 6.20 Å². The van der Waals surface area contributed by atoms with Crippen LogP contribution >= 0.6 is 0 Å². The average Bonchev–Trinajstić information content (AvgIpc) is 2.64. The van der Waals surface area contributed by atoms with E-state index in [4.69, 9.17) is 0 Å². The molecule has 3 heteroatoms. The van der Waals surface area contributed by atoms with E-state index in [1.165, 1.54) is 25.7 Å². The maximum absolute atomic E-state index is 3.42. The van der Waals surface area contributed by atoms with Gasteiger partial charge in [0.05, 0.1) is 6.20 Å². The maximum atomic E-state index is 3.42. The Morgan fingerprint density at radius 1 is 1.09 bits per heavy atom. The molecule has 11 heavy (non-hydrogen) atoms. The Morgan fingerprint density at radius 3 is 2.00 bits per heavy atom. The van der Waals surface area contributed by atoms with Crippen LogP contribution in [-0.4, -0.2) is 15.4 Å². The molecule has 1 heterocycles. The van der Waals surface area contributed by atoms with Gasteiger partial charge in [-0.15, -0.1) is 5.10 Å². The van der Waals surface area contributed by atoms with Crippen molar-refractivity contribution in [1.29, 1.82) is 0 Å². The number of H-pyrrole nitrogens is 1. The third-order valence-corrected chi connectivity index (χ3v) is 1.49. The second-order valence-corrected chi connectivity index (χ2v) is 2.42. The van der Waals surface area contributed by atoms with E-state index in [0.29, 0.717) is 0 Å². The molecule has 1 aromatic heterocycles. The molecular weight excluding hydrogens is 138 g/mol. The fourth-order valence-corrected chi connectivity index (χ4v) is 0.927. The molecule has 60 valence electrons. The van der Waals surface area contributed by atoms with Gasteiger partial charge >= 0.3 is 0 Å². The number of aromatic amines is 1. The number of nitrogens with zero attached hydrogens (tertiary/aromatic N) is 2. The smallest absolute Gasteiger partial charge is 0.0690 e. The first-order valence-corrected chi connectivity index (χ1v) is 3.95. The first-order chi connectivity index (χ1) is 5.50. The van der Waals surface area contributed by atoms with Crippen molar-refractivity contribution in [2.45, 2.75) is 25.7 Å². The number of hydrogen-bond donors (Lipinski definition) is 1. The number of aromatic nitrogens is 3. The summed E-state index contributed by atoms with van der Waals surface area (Å²) in [5, 5.41) is 9.26. The van der Waals surface area contributed by atoms with Gasteiger partial charge in [0.25, 0.3) is 0 Å². The molecule has 0 saturated carbocycles. The molecule has 0 spiro atoms. The summed E-state index contributed by atoms with van der Waals surface area (Å²) in [5.74, 6) is 0. The van der Waals surface area contributed by atoms with Crippen molar-refractivity contribution in [3.63, 3.8) is 0 Å².